The first kappa shape index (κ1) is 18.3. The Morgan fingerprint density at radius 1 is 1.46 bits per heavy atom. The fourth-order valence-corrected chi connectivity index (χ4v) is 2.82. The van der Waals surface area contributed by atoms with E-state index in [1.165, 1.54) is 0 Å². The third kappa shape index (κ3) is 5.54. The van der Waals surface area contributed by atoms with Crippen LogP contribution in [0.4, 0.5) is 0 Å². The van der Waals surface area contributed by atoms with Crippen molar-refractivity contribution >= 4 is 11.9 Å². The van der Waals surface area contributed by atoms with Gasteiger partial charge in [0.1, 0.15) is 0 Å². The van der Waals surface area contributed by atoms with E-state index < -0.39 is 0 Å². The molecule has 0 bridgehead atoms. The predicted molar refractivity (Wildman–Crippen MR) is 95.8 cm³/mol. The SMILES string of the molecule is CCNC(=NCCCn1ccnc1)NC1CCN(C(=O)C(C)C)C1. The van der Waals surface area contributed by atoms with Crippen LogP contribution < -0.4 is 10.6 Å². The molecule has 1 saturated heterocycles. The molecular formula is C17H30N6O. The summed E-state index contributed by atoms with van der Waals surface area (Å²) in [7, 11) is 0. The summed E-state index contributed by atoms with van der Waals surface area (Å²) in [5, 5.41) is 6.75. The molecule has 0 aromatic carbocycles. The van der Waals surface area contributed by atoms with Gasteiger partial charge in [-0.3, -0.25) is 9.79 Å². The van der Waals surface area contributed by atoms with E-state index in [-0.39, 0.29) is 17.9 Å². The van der Waals surface area contributed by atoms with E-state index in [0.717, 1.165) is 51.5 Å². The van der Waals surface area contributed by atoms with Gasteiger partial charge in [-0.05, 0) is 19.8 Å². The highest BCUT2D eigenvalue weighted by atomic mass is 16.2. The molecule has 2 N–H and O–H groups in total. The zero-order valence-corrected chi connectivity index (χ0v) is 15.0. The molecule has 0 aliphatic carbocycles. The molecule has 1 aliphatic heterocycles. The van der Waals surface area contributed by atoms with Crippen molar-refractivity contribution < 1.29 is 4.79 Å². The van der Waals surface area contributed by atoms with Crippen LogP contribution in [0, 0.1) is 5.92 Å². The second-order valence-corrected chi connectivity index (χ2v) is 6.48. The smallest absolute Gasteiger partial charge is 0.225 e. The molecule has 1 amide bonds. The molecule has 0 spiro atoms. The number of likely N-dealkylation sites (tertiary alicyclic amines) is 1. The van der Waals surface area contributed by atoms with Crippen LogP contribution in [0.1, 0.15) is 33.6 Å². The summed E-state index contributed by atoms with van der Waals surface area (Å²) in [4.78, 5) is 22.7. The van der Waals surface area contributed by atoms with Crippen molar-refractivity contribution in [3.8, 4) is 0 Å². The average molecular weight is 334 g/mol. The van der Waals surface area contributed by atoms with E-state index in [4.69, 9.17) is 0 Å². The van der Waals surface area contributed by atoms with Crippen molar-refractivity contribution in [1.82, 2.24) is 25.1 Å². The van der Waals surface area contributed by atoms with E-state index >= 15 is 0 Å². The van der Waals surface area contributed by atoms with Crippen LogP contribution in [0.3, 0.4) is 0 Å². The molecule has 24 heavy (non-hydrogen) atoms. The number of guanidine groups is 1. The number of carbonyl (C=O) groups is 1. The Morgan fingerprint density at radius 3 is 2.96 bits per heavy atom. The highest BCUT2D eigenvalue weighted by molar-refractivity contribution is 5.81. The predicted octanol–water partition coefficient (Wildman–Crippen LogP) is 1.09. The van der Waals surface area contributed by atoms with Crippen LogP contribution in [0.25, 0.3) is 0 Å². The van der Waals surface area contributed by atoms with E-state index in [2.05, 4.69) is 32.1 Å². The number of nitrogens with one attached hydrogen (secondary N) is 2. The van der Waals surface area contributed by atoms with Crippen LogP contribution in [-0.4, -0.2) is 58.5 Å². The van der Waals surface area contributed by atoms with Gasteiger partial charge in [0.15, 0.2) is 5.96 Å². The molecule has 2 rings (SSSR count). The summed E-state index contributed by atoms with van der Waals surface area (Å²) in [5.74, 6) is 1.14. The lowest BCUT2D eigenvalue weighted by atomic mass is 10.2. The summed E-state index contributed by atoms with van der Waals surface area (Å²) in [6.45, 7) is 10.1. The molecule has 1 aromatic heterocycles. The van der Waals surface area contributed by atoms with Crippen LogP contribution in [0.15, 0.2) is 23.7 Å². The van der Waals surface area contributed by atoms with Gasteiger partial charge in [0.2, 0.25) is 5.91 Å². The molecule has 0 saturated carbocycles. The number of amides is 1. The van der Waals surface area contributed by atoms with E-state index in [1.807, 2.05) is 31.3 Å². The molecule has 1 aromatic rings. The number of aromatic nitrogens is 2. The quantitative estimate of drug-likeness (QED) is 0.445. The monoisotopic (exact) mass is 334 g/mol. The van der Waals surface area contributed by atoms with Gasteiger partial charge >= 0.3 is 0 Å². The lowest BCUT2D eigenvalue weighted by molar-refractivity contribution is -0.133. The fourth-order valence-electron chi connectivity index (χ4n) is 2.82. The van der Waals surface area contributed by atoms with Crippen molar-refractivity contribution in [3.05, 3.63) is 18.7 Å². The number of aliphatic imine (C=N–C) groups is 1. The molecule has 2 heterocycles. The Balaban J connectivity index is 1.78. The fraction of sp³-hybridized carbons (Fsp3) is 0.706. The minimum absolute atomic E-state index is 0.0637. The first-order valence-electron chi connectivity index (χ1n) is 8.89. The molecule has 134 valence electrons. The number of carbonyl (C=O) groups excluding carboxylic acids is 1. The Bertz CT molecular complexity index is 525. The molecule has 0 radical (unpaired) electrons. The van der Waals surface area contributed by atoms with Gasteiger partial charge in [-0.25, -0.2) is 4.98 Å². The molecule has 1 fully saturated rings. The zero-order chi connectivity index (χ0) is 17.4. The minimum atomic E-state index is 0.0637. The summed E-state index contributed by atoms with van der Waals surface area (Å²) in [6, 6.07) is 0.277. The van der Waals surface area contributed by atoms with E-state index in [0.29, 0.717) is 0 Å². The van der Waals surface area contributed by atoms with Gasteiger partial charge < -0.3 is 20.1 Å². The normalized spacial score (nSPS) is 18.2. The Hall–Kier alpha value is -2.05. The second-order valence-electron chi connectivity index (χ2n) is 6.48. The number of aryl methyl sites for hydroxylation is 1. The van der Waals surface area contributed by atoms with Crippen LogP contribution >= 0.6 is 0 Å². The van der Waals surface area contributed by atoms with Crippen LogP contribution in [0.2, 0.25) is 0 Å². The molecular weight excluding hydrogens is 304 g/mol. The van der Waals surface area contributed by atoms with Crippen molar-refractivity contribution in [1.29, 1.82) is 0 Å². The van der Waals surface area contributed by atoms with Crippen molar-refractivity contribution in [3.63, 3.8) is 0 Å². The van der Waals surface area contributed by atoms with Gasteiger partial charge in [-0.15, -0.1) is 0 Å². The van der Waals surface area contributed by atoms with E-state index in [1.54, 1.807) is 6.20 Å². The summed E-state index contributed by atoms with van der Waals surface area (Å²) >= 11 is 0. The lowest BCUT2D eigenvalue weighted by Crippen LogP contribution is -2.45. The Labute approximate surface area is 144 Å². The Kier molecular flexibility index (Phi) is 7.08. The average Bonchev–Trinajstić information content (AvgIpc) is 3.22. The largest absolute Gasteiger partial charge is 0.357 e. The van der Waals surface area contributed by atoms with Gasteiger partial charge in [0, 0.05) is 57.1 Å². The number of nitrogens with zero attached hydrogens (tertiary/aromatic N) is 4. The highest BCUT2D eigenvalue weighted by Crippen LogP contribution is 2.12. The first-order chi connectivity index (χ1) is 11.6. The third-order valence-corrected chi connectivity index (χ3v) is 4.08. The molecule has 1 unspecified atom stereocenters. The number of imidazole rings is 1. The van der Waals surface area contributed by atoms with Crippen molar-refractivity contribution in [2.24, 2.45) is 10.9 Å². The van der Waals surface area contributed by atoms with Gasteiger partial charge in [-0.1, -0.05) is 13.8 Å². The zero-order valence-electron chi connectivity index (χ0n) is 15.0. The molecule has 1 atom stereocenters. The topological polar surface area (TPSA) is 74.6 Å². The van der Waals surface area contributed by atoms with Crippen molar-refractivity contribution in [2.45, 2.75) is 46.2 Å². The molecule has 7 nitrogen and oxygen atoms in total. The number of rotatable bonds is 7. The maximum absolute atomic E-state index is 12.1. The van der Waals surface area contributed by atoms with E-state index in [9.17, 15) is 4.79 Å². The standard InChI is InChI=1S/C17H30N6O/c1-4-19-17(20-7-5-9-22-11-8-18-13-22)21-15-6-10-23(12-15)16(24)14(2)3/h8,11,13-15H,4-7,9-10,12H2,1-3H3,(H2,19,20,21). The molecule has 1 aliphatic rings. The number of hydrogen-bond donors (Lipinski definition) is 2. The summed E-state index contributed by atoms with van der Waals surface area (Å²) in [6.07, 6.45) is 7.52. The maximum atomic E-state index is 12.1. The summed E-state index contributed by atoms with van der Waals surface area (Å²) in [5.41, 5.74) is 0. The third-order valence-electron chi connectivity index (χ3n) is 4.08. The second kappa shape index (κ2) is 9.30. The maximum Gasteiger partial charge on any atom is 0.225 e. The van der Waals surface area contributed by atoms with Gasteiger partial charge in [0.25, 0.3) is 0 Å². The Morgan fingerprint density at radius 2 is 2.29 bits per heavy atom. The van der Waals surface area contributed by atoms with Crippen LogP contribution in [-0.2, 0) is 11.3 Å². The van der Waals surface area contributed by atoms with Gasteiger partial charge in [0.05, 0.1) is 6.33 Å². The molecule has 7 heteroatoms. The first-order valence-corrected chi connectivity index (χ1v) is 8.89. The van der Waals surface area contributed by atoms with Crippen LogP contribution in [0.5, 0.6) is 0 Å². The van der Waals surface area contributed by atoms with Crippen molar-refractivity contribution in [2.75, 3.05) is 26.2 Å². The lowest BCUT2D eigenvalue weighted by Gasteiger charge is -2.20. The highest BCUT2D eigenvalue weighted by Gasteiger charge is 2.27. The van der Waals surface area contributed by atoms with Gasteiger partial charge in [-0.2, -0.15) is 0 Å². The minimum Gasteiger partial charge on any atom is -0.357 e. The summed E-state index contributed by atoms with van der Waals surface area (Å²) < 4.78 is 2.06. The number of hydrogen-bond acceptors (Lipinski definition) is 3.